The van der Waals surface area contributed by atoms with Crippen molar-refractivity contribution in [1.82, 2.24) is 4.98 Å². The smallest absolute Gasteiger partial charge is 0.286 e. The Morgan fingerprint density at radius 3 is 2.73 bits per heavy atom. The molecule has 2 bridgehead atoms. The van der Waals surface area contributed by atoms with E-state index in [4.69, 9.17) is 16.0 Å². The second-order valence-electron chi connectivity index (χ2n) is 10.6. The van der Waals surface area contributed by atoms with E-state index in [1.807, 2.05) is 0 Å². The number of benzene rings is 2. The zero-order valence-corrected chi connectivity index (χ0v) is 22.0. The number of anilines is 1. The molecule has 202 valence electrons. The highest BCUT2D eigenvalue weighted by atomic mass is 32.2. The Kier molecular flexibility index (Phi) is 5.07. The summed E-state index contributed by atoms with van der Waals surface area (Å²) in [6.45, 7) is 9.04. The predicted molar refractivity (Wildman–Crippen MR) is 141 cm³/mol. The number of fused-ring (bicyclic) bond motifs is 7. The van der Waals surface area contributed by atoms with Gasteiger partial charge in [-0.2, -0.15) is 8.42 Å². The summed E-state index contributed by atoms with van der Waals surface area (Å²) in [5.74, 6) is -2.80. The van der Waals surface area contributed by atoms with Gasteiger partial charge in [-0.1, -0.05) is 24.3 Å². The van der Waals surface area contributed by atoms with Gasteiger partial charge in [-0.05, 0) is 31.2 Å². The zero-order valence-electron chi connectivity index (χ0n) is 21.1. The van der Waals surface area contributed by atoms with E-state index >= 15 is 0 Å². The van der Waals surface area contributed by atoms with Gasteiger partial charge in [0.2, 0.25) is 23.4 Å². The van der Waals surface area contributed by atoms with Gasteiger partial charge in [0.1, 0.15) is 10.5 Å². The molecule has 11 nitrogen and oxygen atoms in total. The van der Waals surface area contributed by atoms with E-state index < -0.39 is 51.0 Å². The summed E-state index contributed by atoms with van der Waals surface area (Å²) in [5.41, 5.74) is -1.14. The third-order valence-electron chi connectivity index (χ3n) is 8.56. The number of nitrogens with zero attached hydrogens (tertiary/aromatic N) is 4. The molecule has 2 aromatic carbocycles. The van der Waals surface area contributed by atoms with Crippen LogP contribution >= 0.6 is 0 Å². The molecule has 3 fully saturated rings. The summed E-state index contributed by atoms with van der Waals surface area (Å²) in [4.78, 5) is 36.9. The number of sulfonamides is 1. The molecule has 7 rings (SSSR count). The van der Waals surface area contributed by atoms with Gasteiger partial charge in [-0.3, -0.25) is 14.6 Å². The Bertz CT molecular complexity index is 1830. The van der Waals surface area contributed by atoms with Crippen molar-refractivity contribution in [3.05, 3.63) is 71.7 Å². The fourth-order valence-corrected chi connectivity index (χ4v) is 7.94. The number of aromatic nitrogens is 1. The number of amides is 2. The van der Waals surface area contributed by atoms with Crippen LogP contribution in [0.3, 0.4) is 0 Å². The van der Waals surface area contributed by atoms with E-state index in [1.165, 1.54) is 12.1 Å². The normalized spacial score (nSPS) is 31.3. The number of hydrogen-bond donors (Lipinski definition) is 1. The first kappa shape index (κ1) is 24.8. The second-order valence-corrected chi connectivity index (χ2v) is 12.2. The highest BCUT2D eigenvalue weighted by molar-refractivity contribution is 7.90. The van der Waals surface area contributed by atoms with Crippen LogP contribution in [-0.4, -0.2) is 60.1 Å². The van der Waals surface area contributed by atoms with Crippen LogP contribution in [0.25, 0.3) is 15.7 Å². The first-order valence-electron chi connectivity index (χ1n) is 12.7. The van der Waals surface area contributed by atoms with Crippen LogP contribution in [0.2, 0.25) is 0 Å². The number of carbonyl (C=O) groups excluding carboxylic acids is 2. The van der Waals surface area contributed by atoms with Crippen molar-refractivity contribution in [3.63, 3.8) is 0 Å². The summed E-state index contributed by atoms with van der Waals surface area (Å²) >= 11 is 0. The quantitative estimate of drug-likeness (QED) is 0.381. The highest BCUT2D eigenvalue weighted by Gasteiger charge is 2.77. The Labute approximate surface area is 228 Å². The molecule has 1 aromatic heterocycles. The van der Waals surface area contributed by atoms with Crippen molar-refractivity contribution >= 4 is 50.0 Å². The zero-order chi connectivity index (χ0) is 28.0. The van der Waals surface area contributed by atoms with E-state index in [9.17, 15) is 23.1 Å². The molecule has 0 radical (unpaired) electrons. The van der Waals surface area contributed by atoms with Crippen LogP contribution in [0.15, 0.2) is 64.0 Å². The molecule has 0 spiro atoms. The van der Waals surface area contributed by atoms with Crippen LogP contribution in [0.4, 0.5) is 11.4 Å². The van der Waals surface area contributed by atoms with E-state index in [-0.39, 0.29) is 30.2 Å². The Balaban J connectivity index is 1.22. The Morgan fingerprint density at radius 2 is 1.93 bits per heavy atom. The van der Waals surface area contributed by atoms with Crippen molar-refractivity contribution in [3.8, 4) is 0 Å². The van der Waals surface area contributed by atoms with Crippen molar-refractivity contribution in [2.45, 2.75) is 42.0 Å². The molecular formula is C28H22N4O7S. The maximum absolute atomic E-state index is 14.0. The molecule has 5 atom stereocenters. The van der Waals surface area contributed by atoms with Crippen LogP contribution in [0, 0.1) is 18.4 Å². The summed E-state index contributed by atoms with van der Waals surface area (Å²) in [6, 6.07) is 12.8. The standard InChI is InChI=1S/C28H22N4O7S/c1-27-20(33)14-28(39-27,11-13-38-24-16-6-3-4-8-19(16)40(36,37)31-24)22-21(27)25(34)32(26(22)35)18-10-9-17(29-2)23-15(18)7-5-12-30-23/h3-10,12,20-22,33H,11,13-14H2,1H3/t20-,21-,22+,27?,28?/m1/s1. The van der Waals surface area contributed by atoms with E-state index in [0.717, 1.165) is 4.90 Å². The monoisotopic (exact) mass is 558 g/mol. The molecule has 3 saturated heterocycles. The number of ether oxygens (including phenoxy) is 2. The van der Waals surface area contributed by atoms with Crippen molar-refractivity contribution < 1.29 is 32.6 Å². The van der Waals surface area contributed by atoms with Gasteiger partial charge < -0.3 is 14.6 Å². The lowest BCUT2D eigenvalue weighted by atomic mass is 9.66. The van der Waals surface area contributed by atoms with Gasteiger partial charge in [0, 0.05) is 24.4 Å². The fourth-order valence-electron chi connectivity index (χ4n) is 6.79. The summed E-state index contributed by atoms with van der Waals surface area (Å²) in [7, 11) is -3.86. The molecule has 0 aliphatic carbocycles. The minimum Gasteiger partial charge on any atom is -0.477 e. The average molecular weight is 559 g/mol. The molecule has 1 N–H and O–H groups in total. The molecule has 4 aliphatic rings. The third-order valence-corrected chi connectivity index (χ3v) is 9.88. The number of carbonyl (C=O) groups is 2. The van der Waals surface area contributed by atoms with Crippen LogP contribution < -0.4 is 4.90 Å². The Hall–Kier alpha value is -4.18. The number of imide groups is 1. The van der Waals surface area contributed by atoms with Crippen LogP contribution in [-0.2, 0) is 29.1 Å². The van der Waals surface area contributed by atoms with Gasteiger partial charge in [-0.15, -0.1) is 4.40 Å². The van der Waals surface area contributed by atoms with Gasteiger partial charge in [-0.25, -0.2) is 9.74 Å². The van der Waals surface area contributed by atoms with E-state index in [0.29, 0.717) is 27.8 Å². The van der Waals surface area contributed by atoms with Gasteiger partial charge in [0.05, 0.1) is 53.5 Å². The maximum Gasteiger partial charge on any atom is 0.286 e. The molecule has 40 heavy (non-hydrogen) atoms. The molecule has 3 aromatic rings. The molecule has 5 heterocycles. The first-order valence-corrected chi connectivity index (χ1v) is 14.1. The molecular weight excluding hydrogens is 536 g/mol. The number of aliphatic hydroxyl groups is 1. The lowest BCUT2D eigenvalue weighted by molar-refractivity contribution is -0.134. The summed E-state index contributed by atoms with van der Waals surface area (Å²) in [5, 5.41) is 11.5. The lowest BCUT2D eigenvalue weighted by Crippen LogP contribution is -2.49. The minimum absolute atomic E-state index is 0.0443. The van der Waals surface area contributed by atoms with E-state index in [2.05, 4.69) is 14.2 Å². The number of rotatable bonds is 4. The first-order chi connectivity index (χ1) is 19.1. The van der Waals surface area contributed by atoms with Crippen LogP contribution in [0.5, 0.6) is 0 Å². The summed E-state index contributed by atoms with van der Waals surface area (Å²) < 4.78 is 40.7. The maximum atomic E-state index is 14.0. The minimum atomic E-state index is -3.86. The van der Waals surface area contributed by atoms with Crippen molar-refractivity contribution in [1.29, 1.82) is 0 Å². The van der Waals surface area contributed by atoms with Crippen molar-refractivity contribution in [2.75, 3.05) is 11.5 Å². The molecule has 12 heteroatoms. The lowest BCUT2D eigenvalue weighted by Gasteiger charge is -2.33. The largest absolute Gasteiger partial charge is 0.477 e. The third kappa shape index (κ3) is 3.13. The Morgan fingerprint density at radius 1 is 1.15 bits per heavy atom. The van der Waals surface area contributed by atoms with Crippen LogP contribution in [0.1, 0.15) is 25.3 Å². The summed E-state index contributed by atoms with van der Waals surface area (Å²) in [6.07, 6.45) is 0.773. The topological polar surface area (TPSA) is 140 Å². The average Bonchev–Trinajstić information content (AvgIpc) is 3.56. The number of aliphatic hydroxyl groups excluding tert-OH is 1. The molecule has 2 unspecified atom stereocenters. The molecule has 4 aliphatic heterocycles. The molecule has 2 amide bonds. The van der Waals surface area contributed by atoms with E-state index in [1.54, 1.807) is 49.5 Å². The van der Waals surface area contributed by atoms with Gasteiger partial charge in [0.25, 0.3) is 10.0 Å². The fraction of sp³-hybridized carbons (Fsp3) is 0.321. The number of pyridine rings is 1. The number of hydrogen-bond acceptors (Lipinski definition) is 8. The molecule has 0 saturated carbocycles. The SMILES string of the molecule is [C-]#[N+]c1ccc(N2C(=O)[C@@H]3[C@H](C2=O)C2(C)OC3(CCOC3=NS(=O)(=O)c4ccccc43)C[C@H]2O)c2cccnc12. The van der Waals surface area contributed by atoms with Gasteiger partial charge in [0.15, 0.2) is 0 Å². The highest BCUT2D eigenvalue weighted by Crippen LogP contribution is 2.62. The second kappa shape index (κ2) is 8.17. The van der Waals surface area contributed by atoms with Gasteiger partial charge >= 0.3 is 0 Å². The van der Waals surface area contributed by atoms with Crippen molar-refractivity contribution in [2.24, 2.45) is 16.2 Å². The predicted octanol–water partition coefficient (Wildman–Crippen LogP) is 2.74.